The van der Waals surface area contributed by atoms with Crippen LogP contribution >= 0.6 is 69.8 Å². The summed E-state index contributed by atoms with van der Waals surface area (Å²) in [6.45, 7) is 0. The fourth-order valence-electron chi connectivity index (χ4n) is 0.829. The van der Waals surface area contributed by atoms with Gasteiger partial charge in [-0.2, -0.15) is 0 Å². The lowest BCUT2D eigenvalue weighted by Gasteiger charge is -2.11. The molecule has 1 nitrogen and oxygen atoms in total. The molecule has 0 N–H and O–H groups in total. The van der Waals surface area contributed by atoms with E-state index in [1.54, 1.807) is 0 Å². The van der Waals surface area contributed by atoms with Crippen molar-refractivity contribution in [2.24, 2.45) is 0 Å². The number of thioether (sulfide) groups is 1. The standard InChI is InChI=1S/C8H3Cl5OS/c9-5-2-1-4(7(10)14)3-6(5)15-8(11,12)13/h1-3H. The number of hydrogen-bond acceptors (Lipinski definition) is 2. The van der Waals surface area contributed by atoms with Crippen LogP contribution in [0.4, 0.5) is 0 Å². The summed E-state index contributed by atoms with van der Waals surface area (Å²) in [6, 6.07) is 4.50. The van der Waals surface area contributed by atoms with Gasteiger partial charge in [0, 0.05) is 10.5 Å². The Labute approximate surface area is 116 Å². The first kappa shape index (κ1) is 13.8. The van der Waals surface area contributed by atoms with Crippen molar-refractivity contribution in [2.75, 3.05) is 0 Å². The first-order valence-corrected chi connectivity index (χ1v) is 6.25. The van der Waals surface area contributed by atoms with Gasteiger partial charge in [0.1, 0.15) is 0 Å². The Kier molecular flexibility index (Phi) is 4.90. The zero-order valence-corrected chi connectivity index (χ0v) is 11.5. The van der Waals surface area contributed by atoms with Crippen molar-refractivity contribution in [2.45, 2.75) is 8.02 Å². The fourth-order valence-corrected chi connectivity index (χ4v) is 2.53. The molecular weight excluding hydrogens is 321 g/mol. The third-order valence-electron chi connectivity index (χ3n) is 1.38. The summed E-state index contributed by atoms with van der Waals surface area (Å²) < 4.78 is -1.53. The van der Waals surface area contributed by atoms with Crippen LogP contribution in [0.3, 0.4) is 0 Å². The van der Waals surface area contributed by atoms with Crippen molar-refractivity contribution in [3.05, 3.63) is 28.8 Å². The molecule has 1 aromatic rings. The second kappa shape index (κ2) is 5.35. The molecule has 1 rings (SSSR count). The summed E-state index contributed by atoms with van der Waals surface area (Å²) in [5, 5.41) is -0.189. The topological polar surface area (TPSA) is 17.1 Å². The van der Waals surface area contributed by atoms with E-state index in [1.165, 1.54) is 18.2 Å². The van der Waals surface area contributed by atoms with Gasteiger partial charge in [-0.25, -0.2) is 0 Å². The largest absolute Gasteiger partial charge is 0.276 e. The quantitative estimate of drug-likeness (QED) is 0.426. The second-order valence-electron chi connectivity index (χ2n) is 2.47. The minimum absolute atomic E-state index is 0.304. The molecule has 0 aliphatic carbocycles. The van der Waals surface area contributed by atoms with E-state index in [4.69, 9.17) is 58.0 Å². The van der Waals surface area contributed by atoms with E-state index in [-0.39, 0.29) is 0 Å². The Balaban J connectivity index is 3.06. The van der Waals surface area contributed by atoms with Crippen LogP contribution in [0.2, 0.25) is 5.02 Å². The number of halogens is 5. The number of carbonyl (C=O) groups excluding carboxylic acids is 1. The predicted molar refractivity (Wildman–Crippen MR) is 67.8 cm³/mol. The lowest BCUT2D eigenvalue weighted by Crippen LogP contribution is -1.95. The molecule has 0 amide bonds. The number of hydrogen-bond donors (Lipinski definition) is 0. The first-order valence-electron chi connectivity index (χ1n) is 3.55. The third kappa shape index (κ3) is 4.59. The Morgan fingerprint density at radius 1 is 1.27 bits per heavy atom. The second-order valence-corrected chi connectivity index (χ2v) is 7.43. The van der Waals surface area contributed by atoms with Crippen molar-refractivity contribution in [3.63, 3.8) is 0 Å². The van der Waals surface area contributed by atoms with Crippen LogP contribution in [-0.2, 0) is 0 Å². The summed E-state index contributed by atoms with van der Waals surface area (Å²) in [6.07, 6.45) is 0. The maximum Gasteiger partial charge on any atom is 0.252 e. The molecule has 0 aromatic heterocycles. The number of rotatable bonds is 2. The number of alkyl halides is 3. The molecule has 0 saturated carbocycles. The van der Waals surface area contributed by atoms with Gasteiger partial charge in [-0.1, -0.05) is 58.2 Å². The number of carbonyl (C=O) groups is 1. The van der Waals surface area contributed by atoms with E-state index in [0.29, 0.717) is 15.5 Å². The monoisotopic (exact) mass is 322 g/mol. The summed E-state index contributed by atoms with van der Waals surface area (Å²) in [7, 11) is 0. The molecule has 15 heavy (non-hydrogen) atoms. The molecule has 7 heteroatoms. The van der Waals surface area contributed by atoms with E-state index < -0.39 is 8.37 Å². The highest BCUT2D eigenvalue weighted by atomic mass is 35.6. The SMILES string of the molecule is O=C(Cl)c1ccc(Cl)c(SC(Cl)(Cl)Cl)c1. The smallest absolute Gasteiger partial charge is 0.252 e. The minimum atomic E-state index is -1.53. The van der Waals surface area contributed by atoms with Gasteiger partial charge >= 0.3 is 0 Å². The summed E-state index contributed by atoms with van der Waals surface area (Å²) in [5.41, 5.74) is 0.304. The highest BCUT2D eigenvalue weighted by Gasteiger charge is 2.23. The van der Waals surface area contributed by atoms with Crippen LogP contribution in [0.15, 0.2) is 23.1 Å². The van der Waals surface area contributed by atoms with Gasteiger partial charge in [0.25, 0.3) is 5.24 Å². The molecule has 0 fully saturated rings. The minimum Gasteiger partial charge on any atom is -0.276 e. The molecule has 0 aliphatic rings. The van der Waals surface area contributed by atoms with Gasteiger partial charge in [0.05, 0.1) is 5.02 Å². The molecule has 0 heterocycles. The van der Waals surface area contributed by atoms with Gasteiger partial charge < -0.3 is 0 Å². The average molecular weight is 324 g/mol. The molecule has 0 spiro atoms. The molecule has 0 aliphatic heterocycles. The highest BCUT2D eigenvalue weighted by Crippen LogP contribution is 2.46. The maximum absolute atomic E-state index is 10.9. The maximum atomic E-state index is 10.9. The van der Waals surface area contributed by atoms with E-state index in [2.05, 4.69) is 0 Å². The van der Waals surface area contributed by atoms with Crippen LogP contribution in [0.25, 0.3) is 0 Å². The lowest BCUT2D eigenvalue weighted by atomic mass is 10.2. The summed E-state index contributed by atoms with van der Waals surface area (Å²) in [4.78, 5) is 11.4. The van der Waals surface area contributed by atoms with Crippen molar-refractivity contribution in [3.8, 4) is 0 Å². The van der Waals surface area contributed by atoms with Gasteiger partial charge in [-0.05, 0) is 29.8 Å². The van der Waals surface area contributed by atoms with Crippen LogP contribution in [0.1, 0.15) is 10.4 Å². The van der Waals surface area contributed by atoms with Gasteiger partial charge in [0.15, 0.2) is 0 Å². The molecule has 0 atom stereocenters. The molecule has 1 aromatic carbocycles. The van der Waals surface area contributed by atoms with Crippen molar-refractivity contribution >= 4 is 75.0 Å². The van der Waals surface area contributed by atoms with E-state index in [9.17, 15) is 4.79 Å². The van der Waals surface area contributed by atoms with E-state index in [0.717, 1.165) is 11.8 Å². The molecule has 0 radical (unpaired) electrons. The van der Waals surface area contributed by atoms with Gasteiger partial charge in [0.2, 0.25) is 3.12 Å². The predicted octanol–water partition coefficient (Wildman–Crippen LogP) is 5.14. The van der Waals surface area contributed by atoms with Crippen molar-refractivity contribution < 1.29 is 4.79 Å². The van der Waals surface area contributed by atoms with Crippen molar-refractivity contribution in [1.82, 2.24) is 0 Å². The normalized spacial score (nSPS) is 11.5. The Morgan fingerprint density at radius 3 is 2.33 bits per heavy atom. The van der Waals surface area contributed by atoms with Crippen LogP contribution in [-0.4, -0.2) is 8.37 Å². The highest BCUT2D eigenvalue weighted by molar-refractivity contribution is 8.04. The zero-order chi connectivity index (χ0) is 11.6. The van der Waals surface area contributed by atoms with Crippen LogP contribution < -0.4 is 0 Å². The van der Waals surface area contributed by atoms with E-state index >= 15 is 0 Å². The average Bonchev–Trinajstić information content (AvgIpc) is 2.06. The summed E-state index contributed by atoms with van der Waals surface area (Å²) in [5.74, 6) is 0. The Hall–Kier alpha value is 0.690. The molecular formula is C8H3Cl5OS. The van der Waals surface area contributed by atoms with Gasteiger partial charge in [-0.15, -0.1) is 0 Å². The Morgan fingerprint density at radius 2 is 1.87 bits per heavy atom. The zero-order valence-electron chi connectivity index (χ0n) is 6.94. The van der Waals surface area contributed by atoms with E-state index in [1.807, 2.05) is 0 Å². The van der Waals surface area contributed by atoms with Crippen molar-refractivity contribution in [1.29, 1.82) is 0 Å². The molecule has 0 saturated heterocycles. The molecule has 82 valence electrons. The van der Waals surface area contributed by atoms with Crippen LogP contribution in [0.5, 0.6) is 0 Å². The number of benzene rings is 1. The fraction of sp³-hybridized carbons (Fsp3) is 0.125. The Bertz CT molecular complexity index is 387. The summed E-state index contributed by atoms with van der Waals surface area (Å²) >= 11 is 28.8. The molecule has 0 unspecified atom stereocenters. The first-order chi connectivity index (χ1) is 6.79. The third-order valence-corrected chi connectivity index (χ3v) is 3.53. The molecule has 0 bridgehead atoms. The lowest BCUT2D eigenvalue weighted by molar-refractivity contribution is 0.108. The van der Waals surface area contributed by atoms with Gasteiger partial charge in [-0.3, -0.25) is 4.79 Å². The van der Waals surface area contributed by atoms with Crippen LogP contribution in [0, 0.1) is 0 Å².